The van der Waals surface area contributed by atoms with Gasteiger partial charge in [0, 0.05) is 0 Å². The van der Waals surface area contributed by atoms with Crippen molar-refractivity contribution in [3.63, 3.8) is 0 Å². The summed E-state index contributed by atoms with van der Waals surface area (Å²) in [7, 11) is 0. The van der Waals surface area contributed by atoms with Crippen LogP contribution >= 0.6 is 0 Å². The lowest BCUT2D eigenvalue weighted by Gasteiger charge is -2.04. The average molecular weight is 238 g/mol. The van der Waals surface area contributed by atoms with Gasteiger partial charge >= 0.3 is 0 Å². The van der Waals surface area contributed by atoms with Gasteiger partial charge in [0.15, 0.2) is 0 Å². The van der Waals surface area contributed by atoms with Gasteiger partial charge in [0.05, 0.1) is 0 Å². The summed E-state index contributed by atoms with van der Waals surface area (Å²) in [6.07, 6.45) is 17.4. The first-order valence-electron chi connectivity index (χ1n) is 7.79. The first kappa shape index (κ1) is 16.7. The summed E-state index contributed by atoms with van der Waals surface area (Å²) in [6.45, 7) is 9.14. The molecule has 0 aromatic rings. The molecule has 0 unspecified atom stereocenters. The van der Waals surface area contributed by atoms with Crippen LogP contribution in [0.2, 0.25) is 0 Å². The minimum absolute atomic E-state index is 0.718. The predicted molar refractivity (Wildman–Crippen MR) is 80.4 cm³/mol. The lowest BCUT2D eigenvalue weighted by atomic mass is 10.0. The molecular formula is C17H34. The average Bonchev–Trinajstić information content (AvgIpc) is 2.25. The second-order valence-corrected chi connectivity index (χ2v) is 6.12. The molecular weight excluding hydrogens is 204 g/mol. The van der Waals surface area contributed by atoms with Crippen molar-refractivity contribution < 1.29 is 0 Å². The molecule has 0 aromatic heterocycles. The lowest BCUT2D eigenvalue weighted by Crippen LogP contribution is -1.87. The van der Waals surface area contributed by atoms with E-state index in [0.717, 1.165) is 11.8 Å². The van der Waals surface area contributed by atoms with Crippen molar-refractivity contribution in [1.82, 2.24) is 0 Å². The number of hydrogen-bond acceptors (Lipinski definition) is 0. The van der Waals surface area contributed by atoms with Crippen LogP contribution in [0, 0.1) is 11.8 Å². The fourth-order valence-corrected chi connectivity index (χ4v) is 2.07. The zero-order valence-corrected chi connectivity index (χ0v) is 12.7. The molecule has 0 nitrogen and oxygen atoms in total. The molecule has 0 fully saturated rings. The molecule has 0 rings (SSSR count). The van der Waals surface area contributed by atoms with E-state index < -0.39 is 0 Å². The molecule has 0 saturated heterocycles. The summed E-state index contributed by atoms with van der Waals surface area (Å²) < 4.78 is 0. The van der Waals surface area contributed by atoms with Crippen molar-refractivity contribution in [2.24, 2.45) is 11.8 Å². The van der Waals surface area contributed by atoms with Gasteiger partial charge in [-0.1, -0.05) is 84.8 Å². The minimum atomic E-state index is 0.718. The molecule has 0 aliphatic carbocycles. The Bertz CT molecular complexity index is 165. The van der Waals surface area contributed by atoms with Crippen LogP contribution in [0.5, 0.6) is 0 Å². The SMILES string of the molecule is CC(C)/C=C\CCCCCCCCCC(C)C. The van der Waals surface area contributed by atoms with E-state index in [1.165, 1.54) is 57.8 Å². The predicted octanol–water partition coefficient (Wildman–Crippen LogP) is 6.37. The Balaban J connectivity index is 3.04. The molecule has 0 aliphatic rings. The normalized spacial score (nSPS) is 12.1. The standard InChI is InChI=1S/C17H34/c1-16(2)14-12-10-8-6-5-7-9-11-13-15-17(3)4/h12,14,16-17H,5-11,13,15H2,1-4H3/b14-12-. The van der Waals surface area contributed by atoms with E-state index in [2.05, 4.69) is 39.8 Å². The van der Waals surface area contributed by atoms with Crippen LogP contribution in [0.25, 0.3) is 0 Å². The highest BCUT2D eigenvalue weighted by Crippen LogP contribution is 2.12. The van der Waals surface area contributed by atoms with Gasteiger partial charge in [0.2, 0.25) is 0 Å². The Morgan fingerprint density at radius 2 is 1.24 bits per heavy atom. The topological polar surface area (TPSA) is 0 Å². The van der Waals surface area contributed by atoms with Gasteiger partial charge in [-0.3, -0.25) is 0 Å². The van der Waals surface area contributed by atoms with Crippen molar-refractivity contribution in [1.29, 1.82) is 0 Å². The van der Waals surface area contributed by atoms with Crippen molar-refractivity contribution in [3.05, 3.63) is 12.2 Å². The van der Waals surface area contributed by atoms with E-state index in [1.54, 1.807) is 0 Å². The van der Waals surface area contributed by atoms with E-state index >= 15 is 0 Å². The first-order chi connectivity index (χ1) is 8.13. The molecule has 0 aromatic carbocycles. The van der Waals surface area contributed by atoms with Crippen molar-refractivity contribution in [2.75, 3.05) is 0 Å². The Labute approximate surface area is 110 Å². The summed E-state index contributed by atoms with van der Waals surface area (Å²) in [5.74, 6) is 1.61. The highest BCUT2D eigenvalue weighted by Gasteiger charge is 1.94. The summed E-state index contributed by atoms with van der Waals surface area (Å²) in [6, 6.07) is 0. The first-order valence-corrected chi connectivity index (χ1v) is 7.79. The zero-order chi connectivity index (χ0) is 12.9. The molecule has 0 bridgehead atoms. The van der Waals surface area contributed by atoms with Crippen LogP contribution in [0.15, 0.2) is 12.2 Å². The minimum Gasteiger partial charge on any atom is -0.0883 e. The summed E-state index contributed by atoms with van der Waals surface area (Å²) in [4.78, 5) is 0. The molecule has 0 atom stereocenters. The van der Waals surface area contributed by atoms with Crippen LogP contribution in [0.3, 0.4) is 0 Å². The Morgan fingerprint density at radius 3 is 1.76 bits per heavy atom. The van der Waals surface area contributed by atoms with Crippen LogP contribution in [-0.4, -0.2) is 0 Å². The molecule has 0 N–H and O–H groups in total. The summed E-state index contributed by atoms with van der Waals surface area (Å²) in [5.41, 5.74) is 0. The van der Waals surface area contributed by atoms with Crippen LogP contribution in [0.1, 0.15) is 85.5 Å². The maximum atomic E-state index is 2.35. The molecule has 0 radical (unpaired) electrons. The summed E-state index contributed by atoms with van der Waals surface area (Å²) in [5, 5.41) is 0. The number of unbranched alkanes of at least 4 members (excludes halogenated alkanes) is 7. The van der Waals surface area contributed by atoms with Crippen molar-refractivity contribution >= 4 is 0 Å². The molecule has 0 saturated carbocycles. The highest BCUT2D eigenvalue weighted by atomic mass is 14.0. The van der Waals surface area contributed by atoms with E-state index in [9.17, 15) is 0 Å². The van der Waals surface area contributed by atoms with Gasteiger partial charge < -0.3 is 0 Å². The fraction of sp³-hybridized carbons (Fsp3) is 0.882. The zero-order valence-electron chi connectivity index (χ0n) is 12.7. The van der Waals surface area contributed by atoms with E-state index in [0.29, 0.717) is 0 Å². The van der Waals surface area contributed by atoms with E-state index in [1.807, 2.05) is 0 Å². The van der Waals surface area contributed by atoms with Gasteiger partial charge in [-0.05, 0) is 24.7 Å². The van der Waals surface area contributed by atoms with Gasteiger partial charge in [-0.25, -0.2) is 0 Å². The Kier molecular flexibility index (Phi) is 12.0. The maximum Gasteiger partial charge on any atom is -0.0290 e. The molecule has 0 aliphatic heterocycles. The van der Waals surface area contributed by atoms with Gasteiger partial charge in [0.1, 0.15) is 0 Å². The second kappa shape index (κ2) is 12.2. The number of allylic oxidation sites excluding steroid dienone is 2. The van der Waals surface area contributed by atoms with Gasteiger partial charge in [-0.2, -0.15) is 0 Å². The molecule has 0 heterocycles. The largest absolute Gasteiger partial charge is 0.0883 e. The van der Waals surface area contributed by atoms with E-state index in [-0.39, 0.29) is 0 Å². The number of hydrogen-bond donors (Lipinski definition) is 0. The molecule has 0 heteroatoms. The molecule has 0 amide bonds. The van der Waals surface area contributed by atoms with E-state index in [4.69, 9.17) is 0 Å². The third-order valence-electron chi connectivity index (χ3n) is 3.17. The third kappa shape index (κ3) is 15.7. The Morgan fingerprint density at radius 1 is 0.706 bits per heavy atom. The van der Waals surface area contributed by atoms with Crippen LogP contribution < -0.4 is 0 Å². The smallest absolute Gasteiger partial charge is 0.0290 e. The van der Waals surface area contributed by atoms with Gasteiger partial charge in [-0.15, -0.1) is 0 Å². The van der Waals surface area contributed by atoms with Crippen LogP contribution in [0.4, 0.5) is 0 Å². The molecule has 17 heavy (non-hydrogen) atoms. The fourth-order valence-electron chi connectivity index (χ4n) is 2.07. The second-order valence-electron chi connectivity index (χ2n) is 6.12. The Hall–Kier alpha value is -0.260. The van der Waals surface area contributed by atoms with Gasteiger partial charge in [0.25, 0.3) is 0 Å². The lowest BCUT2D eigenvalue weighted by molar-refractivity contribution is 0.509. The monoisotopic (exact) mass is 238 g/mol. The number of rotatable bonds is 11. The van der Waals surface area contributed by atoms with Crippen LogP contribution in [-0.2, 0) is 0 Å². The quantitative estimate of drug-likeness (QED) is 0.290. The molecule has 0 spiro atoms. The third-order valence-corrected chi connectivity index (χ3v) is 3.17. The highest BCUT2D eigenvalue weighted by molar-refractivity contribution is 4.83. The maximum absolute atomic E-state index is 2.35. The van der Waals surface area contributed by atoms with Crippen molar-refractivity contribution in [3.8, 4) is 0 Å². The van der Waals surface area contributed by atoms with Crippen molar-refractivity contribution in [2.45, 2.75) is 85.5 Å². The summed E-state index contributed by atoms with van der Waals surface area (Å²) >= 11 is 0. The molecule has 102 valence electrons.